The van der Waals surface area contributed by atoms with E-state index < -0.39 is 16.0 Å². The number of Topliss-reactive ketones (excluding diaryl/α,β-unsaturated/α-hetero) is 1. The largest absolute Gasteiger partial charge is 0.454 e. The van der Waals surface area contributed by atoms with Crippen LogP contribution in [0.4, 0.5) is 5.69 Å². The zero-order chi connectivity index (χ0) is 20.9. The van der Waals surface area contributed by atoms with Gasteiger partial charge in [-0.15, -0.1) is 0 Å². The number of hydrogen-bond acceptors (Lipinski definition) is 5. The van der Waals surface area contributed by atoms with Gasteiger partial charge in [-0.3, -0.25) is 9.10 Å². The fraction of sp³-hybridized carbons (Fsp3) is 0.429. The SMILES string of the molecule is Cc1cc(C(=O)OCC(=O)c2ccc3c(c2)CCN3S(C)(=O)=O)c(C)n1C1CC1. The van der Waals surface area contributed by atoms with Crippen molar-refractivity contribution in [1.82, 2.24) is 4.57 Å². The van der Waals surface area contributed by atoms with Gasteiger partial charge in [0.1, 0.15) is 0 Å². The molecule has 0 atom stereocenters. The summed E-state index contributed by atoms with van der Waals surface area (Å²) < 4.78 is 32.4. The number of aromatic nitrogens is 1. The van der Waals surface area contributed by atoms with Gasteiger partial charge in [0.15, 0.2) is 12.4 Å². The third-order valence-corrected chi connectivity index (χ3v) is 6.79. The molecule has 1 aromatic carbocycles. The predicted octanol–water partition coefficient (Wildman–Crippen LogP) is 2.80. The average molecular weight is 416 g/mol. The molecule has 1 aliphatic heterocycles. The van der Waals surface area contributed by atoms with E-state index in [1.165, 1.54) is 10.6 Å². The van der Waals surface area contributed by atoms with Gasteiger partial charge in [-0.05, 0) is 62.9 Å². The zero-order valence-electron chi connectivity index (χ0n) is 16.8. The lowest BCUT2D eigenvalue weighted by molar-refractivity contribution is 0.0474. The van der Waals surface area contributed by atoms with E-state index in [1.807, 2.05) is 19.9 Å². The minimum atomic E-state index is -3.33. The maximum atomic E-state index is 12.5. The number of ether oxygens (including phenoxy) is 1. The molecule has 0 N–H and O–H groups in total. The molecule has 0 bridgehead atoms. The molecular formula is C21H24N2O5S. The lowest BCUT2D eigenvalue weighted by atomic mass is 10.1. The molecule has 1 aliphatic carbocycles. The number of carbonyl (C=O) groups is 2. The van der Waals surface area contributed by atoms with E-state index in [4.69, 9.17) is 4.74 Å². The van der Waals surface area contributed by atoms with Crippen molar-refractivity contribution in [1.29, 1.82) is 0 Å². The second kappa shape index (κ2) is 7.02. The van der Waals surface area contributed by atoms with Crippen molar-refractivity contribution in [3.8, 4) is 0 Å². The lowest BCUT2D eigenvalue weighted by Gasteiger charge is -2.16. The second-order valence-electron chi connectivity index (χ2n) is 7.81. The Bertz CT molecular complexity index is 1110. The number of rotatable bonds is 6. The van der Waals surface area contributed by atoms with Crippen LogP contribution in [0.1, 0.15) is 56.6 Å². The summed E-state index contributed by atoms with van der Waals surface area (Å²) in [5, 5.41) is 0. The quantitative estimate of drug-likeness (QED) is 0.534. The average Bonchev–Trinajstić information content (AvgIpc) is 3.31. The summed E-state index contributed by atoms with van der Waals surface area (Å²) >= 11 is 0. The zero-order valence-corrected chi connectivity index (χ0v) is 17.6. The topological polar surface area (TPSA) is 85.7 Å². The summed E-state index contributed by atoms with van der Waals surface area (Å²) in [6.07, 6.45) is 3.97. The van der Waals surface area contributed by atoms with Gasteiger partial charge >= 0.3 is 5.97 Å². The first kappa shape index (κ1) is 19.7. The number of aryl methyl sites for hydroxylation is 1. The number of carbonyl (C=O) groups excluding carboxylic acids is 2. The second-order valence-corrected chi connectivity index (χ2v) is 9.72. The van der Waals surface area contributed by atoms with Gasteiger partial charge in [-0.1, -0.05) is 0 Å². The van der Waals surface area contributed by atoms with E-state index in [0.29, 0.717) is 35.8 Å². The molecule has 154 valence electrons. The Labute approximate surface area is 170 Å². The van der Waals surface area contributed by atoms with Crippen LogP contribution >= 0.6 is 0 Å². The Balaban J connectivity index is 1.44. The Morgan fingerprint density at radius 1 is 1.17 bits per heavy atom. The Kier molecular flexibility index (Phi) is 4.77. The van der Waals surface area contributed by atoms with Gasteiger partial charge in [-0.25, -0.2) is 13.2 Å². The Hall–Kier alpha value is -2.61. The fourth-order valence-corrected chi connectivity index (χ4v) is 5.02. The molecule has 1 aromatic heterocycles. The predicted molar refractivity (Wildman–Crippen MR) is 109 cm³/mol. The van der Waals surface area contributed by atoms with Crippen LogP contribution in [-0.2, 0) is 21.2 Å². The van der Waals surface area contributed by atoms with Crippen molar-refractivity contribution >= 4 is 27.5 Å². The molecule has 4 rings (SSSR count). The number of hydrogen-bond donors (Lipinski definition) is 0. The molecule has 2 aliphatic rings. The van der Waals surface area contributed by atoms with Crippen molar-refractivity contribution in [2.45, 2.75) is 39.2 Å². The first-order valence-electron chi connectivity index (χ1n) is 9.66. The molecular weight excluding hydrogens is 392 g/mol. The maximum absolute atomic E-state index is 12.5. The van der Waals surface area contributed by atoms with Crippen LogP contribution in [0.5, 0.6) is 0 Å². The molecule has 0 radical (unpaired) electrons. The van der Waals surface area contributed by atoms with Crippen LogP contribution in [0.3, 0.4) is 0 Å². The van der Waals surface area contributed by atoms with Gasteiger partial charge in [0, 0.05) is 29.5 Å². The number of benzene rings is 1. The van der Waals surface area contributed by atoms with E-state index >= 15 is 0 Å². The number of sulfonamides is 1. The molecule has 2 heterocycles. The number of ketones is 1. The highest BCUT2D eigenvalue weighted by Gasteiger charge is 2.29. The van der Waals surface area contributed by atoms with Crippen LogP contribution in [0.2, 0.25) is 0 Å². The van der Waals surface area contributed by atoms with Crippen LogP contribution in [0.15, 0.2) is 24.3 Å². The molecule has 0 amide bonds. The summed E-state index contributed by atoms with van der Waals surface area (Å²) in [7, 11) is -3.33. The molecule has 0 saturated heterocycles. The standard InChI is InChI=1S/C21H24N2O5S/c1-13-10-18(14(2)23(13)17-5-6-17)21(25)28-12-20(24)16-4-7-19-15(11-16)8-9-22(19)29(3,26)27/h4,7,10-11,17H,5-6,8-9,12H2,1-3H3. The highest BCUT2D eigenvalue weighted by Crippen LogP contribution is 2.38. The van der Waals surface area contributed by atoms with Gasteiger partial charge in [0.2, 0.25) is 10.0 Å². The van der Waals surface area contributed by atoms with E-state index in [1.54, 1.807) is 18.2 Å². The third kappa shape index (κ3) is 3.69. The van der Waals surface area contributed by atoms with Crippen LogP contribution in [0, 0.1) is 13.8 Å². The molecule has 29 heavy (non-hydrogen) atoms. The Morgan fingerprint density at radius 3 is 2.55 bits per heavy atom. The van der Waals surface area contributed by atoms with Crippen molar-refractivity contribution in [2.75, 3.05) is 23.7 Å². The normalized spacial score (nSPS) is 16.0. The molecule has 2 aromatic rings. The molecule has 1 fully saturated rings. The number of anilines is 1. The molecule has 7 nitrogen and oxygen atoms in total. The molecule has 0 unspecified atom stereocenters. The summed E-state index contributed by atoms with van der Waals surface area (Å²) in [4.78, 5) is 25.0. The monoisotopic (exact) mass is 416 g/mol. The molecule has 0 spiro atoms. The van der Waals surface area contributed by atoms with E-state index in [0.717, 1.165) is 29.8 Å². The summed E-state index contributed by atoms with van der Waals surface area (Å²) in [6, 6.07) is 7.20. The number of fused-ring (bicyclic) bond motifs is 1. The lowest BCUT2D eigenvalue weighted by Crippen LogP contribution is -2.27. The van der Waals surface area contributed by atoms with Gasteiger partial charge in [-0.2, -0.15) is 0 Å². The van der Waals surface area contributed by atoms with E-state index in [2.05, 4.69) is 4.57 Å². The molecule has 1 saturated carbocycles. The summed E-state index contributed by atoms with van der Waals surface area (Å²) in [6.45, 7) is 3.90. The summed E-state index contributed by atoms with van der Waals surface area (Å²) in [5.41, 5.74) is 4.22. The first-order chi connectivity index (χ1) is 13.7. The van der Waals surface area contributed by atoms with E-state index in [9.17, 15) is 18.0 Å². The highest BCUT2D eigenvalue weighted by molar-refractivity contribution is 7.92. The number of nitrogens with zero attached hydrogens (tertiary/aromatic N) is 2. The minimum absolute atomic E-state index is 0.310. The minimum Gasteiger partial charge on any atom is -0.454 e. The van der Waals surface area contributed by atoms with Crippen LogP contribution in [0.25, 0.3) is 0 Å². The fourth-order valence-electron chi connectivity index (χ4n) is 4.06. The van der Waals surface area contributed by atoms with Crippen molar-refractivity contribution in [2.24, 2.45) is 0 Å². The number of esters is 1. The third-order valence-electron chi connectivity index (χ3n) is 5.61. The van der Waals surface area contributed by atoms with Gasteiger partial charge in [0.05, 0.1) is 17.5 Å². The van der Waals surface area contributed by atoms with Crippen LogP contribution in [-0.4, -0.2) is 44.1 Å². The Morgan fingerprint density at radius 2 is 1.90 bits per heavy atom. The smallest absolute Gasteiger partial charge is 0.340 e. The van der Waals surface area contributed by atoms with Gasteiger partial charge < -0.3 is 9.30 Å². The first-order valence-corrected chi connectivity index (χ1v) is 11.5. The van der Waals surface area contributed by atoms with Crippen molar-refractivity contribution in [3.63, 3.8) is 0 Å². The van der Waals surface area contributed by atoms with Crippen molar-refractivity contribution in [3.05, 3.63) is 52.3 Å². The highest BCUT2D eigenvalue weighted by atomic mass is 32.2. The molecule has 8 heteroatoms. The van der Waals surface area contributed by atoms with Gasteiger partial charge in [0.25, 0.3) is 0 Å². The van der Waals surface area contributed by atoms with E-state index in [-0.39, 0.29) is 12.4 Å². The maximum Gasteiger partial charge on any atom is 0.340 e. The summed E-state index contributed by atoms with van der Waals surface area (Å²) in [5.74, 6) is -0.808. The van der Waals surface area contributed by atoms with Crippen molar-refractivity contribution < 1.29 is 22.7 Å². The van der Waals surface area contributed by atoms with Crippen LogP contribution < -0.4 is 4.31 Å².